The fourth-order valence-electron chi connectivity index (χ4n) is 2.24. The van der Waals surface area contributed by atoms with Crippen molar-refractivity contribution in [3.8, 4) is 17.0 Å². The van der Waals surface area contributed by atoms with Crippen LogP contribution in [0.5, 0.6) is 5.75 Å². The molecule has 0 bridgehead atoms. The van der Waals surface area contributed by atoms with Crippen LogP contribution in [0.2, 0.25) is 0 Å². The van der Waals surface area contributed by atoms with Gasteiger partial charge in [0, 0.05) is 5.56 Å². The van der Waals surface area contributed by atoms with E-state index in [1.165, 1.54) is 36.4 Å². The molecule has 1 N–H and O–H groups in total. The Morgan fingerprint density at radius 3 is 2.43 bits per heavy atom. The minimum Gasteiger partial charge on any atom is -0.508 e. The van der Waals surface area contributed by atoms with E-state index < -0.39 is 17.7 Å². The van der Waals surface area contributed by atoms with Gasteiger partial charge in [-0.15, -0.1) is 0 Å². The Morgan fingerprint density at radius 2 is 1.81 bits per heavy atom. The number of hydrogen-bond acceptors (Lipinski definition) is 3. The van der Waals surface area contributed by atoms with Crippen LogP contribution in [0.3, 0.4) is 0 Å². The van der Waals surface area contributed by atoms with Crippen LogP contribution in [0.25, 0.3) is 17.3 Å². The molecule has 0 amide bonds. The Hall–Kier alpha value is -2.57. The van der Waals surface area contributed by atoms with Crippen LogP contribution in [0.15, 0.2) is 30.3 Å². The Morgan fingerprint density at radius 1 is 1.14 bits per heavy atom. The van der Waals surface area contributed by atoms with Gasteiger partial charge >= 0.3 is 6.18 Å². The molecule has 3 rings (SSSR count). The lowest BCUT2D eigenvalue weighted by Crippen LogP contribution is -2.20. The molecule has 1 aliphatic rings. The second-order valence-corrected chi connectivity index (χ2v) is 4.60. The van der Waals surface area contributed by atoms with Crippen LogP contribution in [0, 0.1) is 0 Å². The minimum absolute atomic E-state index is 0.0497. The van der Waals surface area contributed by atoms with Crippen molar-refractivity contribution in [3.05, 3.63) is 41.9 Å². The normalized spacial score (nSPS) is 14.3. The largest absolute Gasteiger partial charge is 0.508 e. The summed E-state index contributed by atoms with van der Waals surface area (Å²) in [6.45, 7) is -0.383. The summed E-state index contributed by atoms with van der Waals surface area (Å²) in [6, 6.07) is 5.28. The number of nitrogens with zero attached hydrogens (tertiary/aromatic N) is 2. The van der Waals surface area contributed by atoms with E-state index in [0.717, 1.165) is 4.57 Å². The highest BCUT2D eigenvalue weighted by atomic mass is 19.4. The summed E-state index contributed by atoms with van der Waals surface area (Å²) in [4.78, 5) is 15.3. The Kier molecular flexibility index (Phi) is 2.86. The first-order chi connectivity index (χ1) is 9.86. The van der Waals surface area contributed by atoms with Crippen LogP contribution in [0.1, 0.15) is 11.5 Å². The molecule has 2 aromatic rings. The molecule has 0 radical (unpaired) electrons. The number of hydrogen-bond donors (Lipinski definition) is 1. The molecule has 1 aromatic carbocycles. The van der Waals surface area contributed by atoms with Crippen molar-refractivity contribution in [2.45, 2.75) is 12.7 Å². The molecule has 2 heterocycles. The maximum Gasteiger partial charge on any atom is 0.433 e. The second-order valence-electron chi connectivity index (χ2n) is 4.60. The van der Waals surface area contributed by atoms with E-state index >= 15 is 0 Å². The zero-order chi connectivity index (χ0) is 15.2. The van der Waals surface area contributed by atoms with Crippen molar-refractivity contribution in [3.63, 3.8) is 0 Å². The summed E-state index contributed by atoms with van der Waals surface area (Å²) in [6.07, 6.45) is -2.15. The fraction of sp³-hybridized carbons (Fsp3) is 0.143. The molecule has 0 spiro atoms. The number of imidazole rings is 1. The molecular weight excluding hydrogens is 285 g/mol. The molecule has 1 aromatic heterocycles. The number of allylic oxidation sites excluding steroid dienone is 1. The molecule has 21 heavy (non-hydrogen) atoms. The number of aromatic hydroxyl groups is 1. The number of carbonyl (C=O) groups excluding carboxylic acids is 1. The van der Waals surface area contributed by atoms with E-state index in [1.54, 1.807) is 0 Å². The predicted octanol–water partition coefficient (Wildman–Crippen LogP) is 2.87. The molecule has 0 atom stereocenters. The van der Waals surface area contributed by atoms with Crippen molar-refractivity contribution in [2.75, 3.05) is 0 Å². The van der Waals surface area contributed by atoms with Crippen LogP contribution in [-0.2, 0) is 17.5 Å². The first-order valence-electron chi connectivity index (χ1n) is 6.04. The van der Waals surface area contributed by atoms with Gasteiger partial charge in [-0.3, -0.25) is 4.79 Å². The maximum absolute atomic E-state index is 13.3. The standard InChI is InChI=1S/C14H9F3N2O2/c15-14(16,17)13-12(8-1-3-9(20)4-2-8)18-11-6-5-10(21)7-19(11)13/h1-6,20H,7H2. The van der Waals surface area contributed by atoms with Crippen molar-refractivity contribution in [1.29, 1.82) is 0 Å². The Labute approximate surface area is 117 Å². The van der Waals surface area contributed by atoms with E-state index in [-0.39, 0.29) is 29.4 Å². The lowest BCUT2D eigenvalue weighted by Gasteiger charge is -2.14. The van der Waals surface area contributed by atoms with Gasteiger partial charge in [-0.1, -0.05) is 0 Å². The van der Waals surface area contributed by atoms with Crippen molar-refractivity contribution in [2.24, 2.45) is 0 Å². The topological polar surface area (TPSA) is 55.1 Å². The summed E-state index contributed by atoms with van der Waals surface area (Å²) < 4.78 is 40.8. The van der Waals surface area contributed by atoms with Gasteiger partial charge in [-0.25, -0.2) is 4.98 Å². The SMILES string of the molecule is O=C1C=Cc2nc(-c3ccc(O)cc3)c(C(F)(F)F)n2C1. The highest BCUT2D eigenvalue weighted by Gasteiger charge is 2.40. The van der Waals surface area contributed by atoms with E-state index in [1.807, 2.05) is 0 Å². The number of alkyl halides is 3. The smallest absolute Gasteiger partial charge is 0.433 e. The van der Waals surface area contributed by atoms with E-state index in [0.29, 0.717) is 0 Å². The molecule has 108 valence electrons. The second kappa shape index (κ2) is 4.47. The zero-order valence-corrected chi connectivity index (χ0v) is 10.6. The van der Waals surface area contributed by atoms with Crippen LogP contribution < -0.4 is 0 Å². The molecule has 7 heteroatoms. The molecule has 0 fully saturated rings. The molecular formula is C14H9F3N2O2. The first kappa shape index (κ1) is 13.4. The summed E-state index contributed by atoms with van der Waals surface area (Å²) in [5, 5.41) is 9.23. The van der Waals surface area contributed by atoms with Gasteiger partial charge in [0.05, 0.1) is 6.54 Å². The average Bonchev–Trinajstić information content (AvgIpc) is 2.77. The number of halogens is 3. The third kappa shape index (κ3) is 2.31. The van der Waals surface area contributed by atoms with Crippen LogP contribution in [-0.4, -0.2) is 20.4 Å². The van der Waals surface area contributed by atoms with Gasteiger partial charge in [0.25, 0.3) is 0 Å². The number of carbonyl (C=O) groups is 1. The van der Waals surface area contributed by atoms with Crippen LogP contribution >= 0.6 is 0 Å². The number of aromatic nitrogens is 2. The third-order valence-electron chi connectivity index (χ3n) is 3.14. The highest BCUT2D eigenvalue weighted by Crippen LogP contribution is 2.38. The lowest BCUT2D eigenvalue weighted by molar-refractivity contribution is -0.143. The molecule has 4 nitrogen and oxygen atoms in total. The number of fused-ring (bicyclic) bond motifs is 1. The predicted molar refractivity (Wildman–Crippen MR) is 68.4 cm³/mol. The number of rotatable bonds is 1. The summed E-state index contributed by atoms with van der Waals surface area (Å²) in [5.41, 5.74) is -0.986. The zero-order valence-electron chi connectivity index (χ0n) is 10.6. The quantitative estimate of drug-likeness (QED) is 0.880. The highest BCUT2D eigenvalue weighted by molar-refractivity contribution is 5.95. The molecule has 0 saturated carbocycles. The van der Waals surface area contributed by atoms with Crippen molar-refractivity contribution < 1.29 is 23.1 Å². The van der Waals surface area contributed by atoms with Crippen molar-refractivity contribution >= 4 is 11.9 Å². The minimum atomic E-state index is -4.63. The van der Waals surface area contributed by atoms with Gasteiger partial charge in [0.1, 0.15) is 17.3 Å². The van der Waals surface area contributed by atoms with Gasteiger partial charge in [0.2, 0.25) is 0 Å². The number of benzene rings is 1. The van der Waals surface area contributed by atoms with E-state index in [4.69, 9.17) is 0 Å². The summed E-state index contributed by atoms with van der Waals surface area (Å²) in [7, 11) is 0. The van der Waals surface area contributed by atoms with E-state index in [2.05, 4.69) is 4.98 Å². The number of phenols is 1. The molecule has 0 unspecified atom stereocenters. The first-order valence-corrected chi connectivity index (χ1v) is 6.04. The number of ketones is 1. The molecule has 0 saturated heterocycles. The Balaban J connectivity index is 2.24. The maximum atomic E-state index is 13.3. The number of phenolic OH excluding ortho intramolecular Hbond substituents is 1. The monoisotopic (exact) mass is 294 g/mol. The van der Waals surface area contributed by atoms with Gasteiger partial charge < -0.3 is 9.67 Å². The van der Waals surface area contributed by atoms with Crippen LogP contribution in [0.4, 0.5) is 13.2 Å². The Bertz CT molecular complexity index is 743. The lowest BCUT2D eigenvalue weighted by atomic mass is 10.1. The summed E-state index contributed by atoms with van der Waals surface area (Å²) >= 11 is 0. The van der Waals surface area contributed by atoms with Gasteiger partial charge in [0.15, 0.2) is 11.5 Å². The fourth-order valence-corrected chi connectivity index (χ4v) is 2.24. The third-order valence-corrected chi connectivity index (χ3v) is 3.14. The summed E-state index contributed by atoms with van der Waals surface area (Å²) in [5.74, 6) is -0.376. The van der Waals surface area contributed by atoms with Crippen molar-refractivity contribution in [1.82, 2.24) is 9.55 Å². The van der Waals surface area contributed by atoms with E-state index in [9.17, 15) is 23.1 Å². The molecule has 1 aliphatic heterocycles. The average molecular weight is 294 g/mol. The van der Waals surface area contributed by atoms with Gasteiger partial charge in [-0.2, -0.15) is 13.2 Å². The van der Waals surface area contributed by atoms with Gasteiger partial charge in [-0.05, 0) is 36.4 Å². The molecule has 0 aliphatic carbocycles.